The maximum absolute atomic E-state index is 12.1. The Morgan fingerprint density at radius 2 is 1.93 bits per heavy atom. The Bertz CT molecular complexity index is 1180. The molecule has 0 saturated carbocycles. The van der Waals surface area contributed by atoms with E-state index in [0.29, 0.717) is 6.54 Å². The maximum atomic E-state index is 12.1. The van der Waals surface area contributed by atoms with Gasteiger partial charge in [0.1, 0.15) is 0 Å². The molecule has 2 N–H and O–H groups in total. The van der Waals surface area contributed by atoms with Crippen molar-refractivity contribution in [3.8, 4) is 22.5 Å². The summed E-state index contributed by atoms with van der Waals surface area (Å²) in [6, 6.07) is 16.1. The zero-order chi connectivity index (χ0) is 18.4. The standard InChI is InChI=1S/C22H18N4O/c1-13-11-25-22(27)17-10-20(26-21(13)17)15-6-7-23-19(9-15)16-8-14-4-2-3-5-18(14)24-12-16/h2-10,12-13,26H,11H2,1H3,(H,25,27). The van der Waals surface area contributed by atoms with Crippen LogP contribution >= 0.6 is 0 Å². The van der Waals surface area contributed by atoms with Crippen molar-refractivity contribution in [1.82, 2.24) is 20.3 Å². The van der Waals surface area contributed by atoms with Gasteiger partial charge in [0.05, 0.1) is 16.8 Å². The number of nitrogens with zero attached hydrogens (tertiary/aromatic N) is 2. The fourth-order valence-corrected chi connectivity index (χ4v) is 3.61. The number of fused-ring (bicyclic) bond motifs is 2. The van der Waals surface area contributed by atoms with Crippen LogP contribution in [0.5, 0.6) is 0 Å². The molecule has 1 unspecified atom stereocenters. The summed E-state index contributed by atoms with van der Waals surface area (Å²) < 4.78 is 0. The Labute approximate surface area is 156 Å². The van der Waals surface area contributed by atoms with Gasteiger partial charge in [0.15, 0.2) is 0 Å². The molecule has 5 nitrogen and oxygen atoms in total. The molecule has 0 fully saturated rings. The third-order valence-electron chi connectivity index (χ3n) is 5.11. The van der Waals surface area contributed by atoms with Crippen molar-refractivity contribution >= 4 is 16.8 Å². The minimum absolute atomic E-state index is 0.0152. The molecule has 27 heavy (non-hydrogen) atoms. The minimum atomic E-state index is -0.0152. The molecular weight excluding hydrogens is 336 g/mol. The summed E-state index contributed by atoms with van der Waals surface area (Å²) in [5.41, 5.74) is 6.46. The topological polar surface area (TPSA) is 70.7 Å². The van der Waals surface area contributed by atoms with E-state index in [1.165, 1.54) is 0 Å². The van der Waals surface area contributed by atoms with Crippen LogP contribution < -0.4 is 5.32 Å². The van der Waals surface area contributed by atoms with Crippen LogP contribution in [-0.2, 0) is 0 Å². The highest BCUT2D eigenvalue weighted by molar-refractivity contribution is 5.98. The normalized spacial score (nSPS) is 16.2. The molecular formula is C22H18N4O. The Morgan fingerprint density at radius 3 is 2.81 bits per heavy atom. The number of amides is 1. The lowest BCUT2D eigenvalue weighted by Crippen LogP contribution is -2.33. The molecule has 3 aromatic heterocycles. The van der Waals surface area contributed by atoms with E-state index < -0.39 is 0 Å². The number of benzene rings is 1. The lowest BCUT2D eigenvalue weighted by molar-refractivity contribution is 0.0941. The largest absolute Gasteiger partial charge is 0.357 e. The monoisotopic (exact) mass is 354 g/mol. The van der Waals surface area contributed by atoms with Crippen molar-refractivity contribution in [2.24, 2.45) is 0 Å². The zero-order valence-electron chi connectivity index (χ0n) is 14.9. The highest BCUT2D eigenvalue weighted by Gasteiger charge is 2.25. The lowest BCUT2D eigenvalue weighted by Gasteiger charge is -2.18. The van der Waals surface area contributed by atoms with Gasteiger partial charge in [-0.05, 0) is 30.3 Å². The summed E-state index contributed by atoms with van der Waals surface area (Å²) >= 11 is 0. The summed E-state index contributed by atoms with van der Waals surface area (Å²) in [7, 11) is 0. The number of pyridine rings is 2. The van der Waals surface area contributed by atoms with Crippen molar-refractivity contribution in [3.05, 3.63) is 72.2 Å². The van der Waals surface area contributed by atoms with E-state index in [1.807, 2.05) is 42.6 Å². The summed E-state index contributed by atoms with van der Waals surface area (Å²) in [5, 5.41) is 4.01. The first kappa shape index (κ1) is 15.8. The second-order valence-electron chi connectivity index (χ2n) is 6.97. The molecule has 1 atom stereocenters. The molecule has 132 valence electrons. The van der Waals surface area contributed by atoms with Gasteiger partial charge in [0.25, 0.3) is 5.91 Å². The van der Waals surface area contributed by atoms with Crippen molar-refractivity contribution < 1.29 is 4.79 Å². The second kappa shape index (κ2) is 6.06. The van der Waals surface area contributed by atoms with Crippen molar-refractivity contribution in [3.63, 3.8) is 0 Å². The van der Waals surface area contributed by atoms with Gasteiger partial charge >= 0.3 is 0 Å². The third kappa shape index (κ3) is 2.68. The van der Waals surface area contributed by atoms with Gasteiger partial charge in [-0.15, -0.1) is 0 Å². The van der Waals surface area contributed by atoms with Gasteiger partial charge in [0.2, 0.25) is 0 Å². The van der Waals surface area contributed by atoms with Gasteiger partial charge in [-0.3, -0.25) is 14.8 Å². The number of rotatable bonds is 2. The van der Waals surface area contributed by atoms with Gasteiger partial charge in [-0.25, -0.2) is 0 Å². The lowest BCUT2D eigenvalue weighted by atomic mass is 9.99. The highest BCUT2D eigenvalue weighted by atomic mass is 16.1. The van der Waals surface area contributed by atoms with Crippen LogP contribution in [0.4, 0.5) is 0 Å². The second-order valence-corrected chi connectivity index (χ2v) is 6.97. The molecule has 0 saturated heterocycles. The molecule has 4 aromatic rings. The molecule has 0 aliphatic carbocycles. The number of carbonyl (C=O) groups excluding carboxylic acids is 1. The van der Waals surface area contributed by atoms with Crippen LogP contribution in [0.1, 0.15) is 28.9 Å². The predicted octanol–water partition coefficient (Wildman–Crippen LogP) is 4.14. The third-order valence-corrected chi connectivity index (χ3v) is 5.11. The van der Waals surface area contributed by atoms with Crippen molar-refractivity contribution in [2.75, 3.05) is 6.54 Å². The van der Waals surface area contributed by atoms with Crippen LogP contribution in [0, 0.1) is 0 Å². The molecule has 0 bridgehead atoms. The summed E-state index contributed by atoms with van der Waals surface area (Å²) in [6.07, 6.45) is 3.65. The van der Waals surface area contributed by atoms with Gasteiger partial charge < -0.3 is 10.3 Å². The summed E-state index contributed by atoms with van der Waals surface area (Å²) in [4.78, 5) is 24.6. The zero-order valence-corrected chi connectivity index (χ0v) is 14.9. The number of nitrogens with one attached hydrogen (secondary N) is 2. The van der Waals surface area contributed by atoms with E-state index in [1.54, 1.807) is 6.20 Å². The number of aromatic nitrogens is 3. The van der Waals surface area contributed by atoms with Gasteiger partial charge in [-0.1, -0.05) is 25.1 Å². The van der Waals surface area contributed by atoms with Gasteiger partial charge in [-0.2, -0.15) is 0 Å². The average Bonchev–Trinajstić information content (AvgIpc) is 3.18. The Morgan fingerprint density at radius 1 is 1.04 bits per heavy atom. The van der Waals surface area contributed by atoms with E-state index in [0.717, 1.165) is 44.7 Å². The molecule has 1 aliphatic rings. The van der Waals surface area contributed by atoms with Crippen LogP contribution in [0.25, 0.3) is 33.4 Å². The fourth-order valence-electron chi connectivity index (χ4n) is 3.61. The van der Waals surface area contributed by atoms with Crippen LogP contribution in [-0.4, -0.2) is 27.4 Å². The molecule has 5 rings (SSSR count). The van der Waals surface area contributed by atoms with E-state index in [9.17, 15) is 4.79 Å². The molecule has 1 aromatic carbocycles. The average molecular weight is 354 g/mol. The van der Waals surface area contributed by atoms with Crippen molar-refractivity contribution in [1.29, 1.82) is 0 Å². The molecule has 0 spiro atoms. The van der Waals surface area contributed by atoms with Crippen molar-refractivity contribution in [2.45, 2.75) is 12.8 Å². The maximum Gasteiger partial charge on any atom is 0.253 e. The first-order valence-electron chi connectivity index (χ1n) is 9.02. The Kier molecular flexibility index (Phi) is 3.53. The number of aromatic amines is 1. The Hall–Kier alpha value is -3.47. The molecule has 4 heterocycles. The van der Waals surface area contributed by atoms with E-state index in [4.69, 9.17) is 0 Å². The minimum Gasteiger partial charge on any atom is -0.357 e. The SMILES string of the molecule is CC1CNC(=O)c2cc(-c3ccnc(-c4cnc5ccccc5c4)c3)[nH]c21. The van der Waals surface area contributed by atoms with Crippen LogP contribution in [0.2, 0.25) is 0 Å². The van der Waals surface area contributed by atoms with E-state index in [2.05, 4.69) is 39.3 Å². The highest BCUT2D eigenvalue weighted by Crippen LogP contribution is 2.30. The molecule has 5 heteroatoms. The van der Waals surface area contributed by atoms with Crippen LogP contribution in [0.3, 0.4) is 0 Å². The number of carbonyl (C=O) groups is 1. The Balaban J connectivity index is 1.58. The predicted molar refractivity (Wildman–Crippen MR) is 106 cm³/mol. The number of para-hydroxylation sites is 1. The molecule has 1 amide bonds. The van der Waals surface area contributed by atoms with E-state index in [-0.39, 0.29) is 11.8 Å². The summed E-state index contributed by atoms with van der Waals surface area (Å²) in [6.45, 7) is 2.77. The first-order valence-corrected chi connectivity index (χ1v) is 9.02. The van der Waals surface area contributed by atoms with E-state index >= 15 is 0 Å². The smallest absolute Gasteiger partial charge is 0.253 e. The quantitative estimate of drug-likeness (QED) is 0.568. The number of hydrogen-bond donors (Lipinski definition) is 2. The summed E-state index contributed by atoms with van der Waals surface area (Å²) in [5.74, 6) is 0.260. The first-order chi connectivity index (χ1) is 13.2. The van der Waals surface area contributed by atoms with Gasteiger partial charge in [0, 0.05) is 52.8 Å². The number of hydrogen-bond acceptors (Lipinski definition) is 3. The molecule has 1 aliphatic heterocycles. The van der Waals surface area contributed by atoms with Crippen LogP contribution in [0.15, 0.2) is 60.9 Å². The number of H-pyrrole nitrogens is 1. The molecule has 0 radical (unpaired) electrons. The fraction of sp³-hybridized carbons (Fsp3) is 0.136.